The molecule has 0 bridgehead atoms. The highest BCUT2D eigenvalue weighted by molar-refractivity contribution is 5.21. The summed E-state index contributed by atoms with van der Waals surface area (Å²) in [5.74, 6) is 0.483. The van der Waals surface area contributed by atoms with Gasteiger partial charge in [0.15, 0.2) is 0 Å². The Morgan fingerprint density at radius 2 is 1.85 bits per heavy atom. The minimum atomic E-state index is -0.188. The Morgan fingerprint density at radius 1 is 1.20 bits per heavy atom. The molecule has 2 nitrogen and oxygen atoms in total. The van der Waals surface area contributed by atoms with Crippen LogP contribution in [-0.4, -0.2) is 24.0 Å². The van der Waals surface area contributed by atoms with E-state index >= 15 is 0 Å². The predicted octanol–water partition coefficient (Wildman–Crippen LogP) is 3.97. The van der Waals surface area contributed by atoms with Crippen molar-refractivity contribution in [3.63, 3.8) is 0 Å². The van der Waals surface area contributed by atoms with Gasteiger partial charge in [0, 0.05) is 18.6 Å². The number of rotatable bonds is 8. The number of benzene rings is 1. The van der Waals surface area contributed by atoms with Crippen LogP contribution in [0, 0.1) is 11.7 Å². The van der Waals surface area contributed by atoms with Crippen LogP contribution in [0.25, 0.3) is 0 Å². The summed E-state index contributed by atoms with van der Waals surface area (Å²) in [4.78, 5) is 2.39. The maximum Gasteiger partial charge on any atom is 0.123 e. The summed E-state index contributed by atoms with van der Waals surface area (Å²) in [7, 11) is 0. The van der Waals surface area contributed by atoms with Crippen molar-refractivity contribution in [3.8, 4) is 0 Å². The second kappa shape index (κ2) is 8.38. The smallest absolute Gasteiger partial charge is 0.123 e. The van der Waals surface area contributed by atoms with E-state index in [1.165, 1.54) is 18.9 Å². The molecule has 3 heteroatoms. The fourth-order valence-corrected chi connectivity index (χ4v) is 2.86. The fourth-order valence-electron chi connectivity index (χ4n) is 2.86. The predicted molar refractivity (Wildman–Crippen MR) is 84.1 cm³/mol. The summed E-state index contributed by atoms with van der Waals surface area (Å²) in [5, 5.41) is 0. The molecular formula is C17H29FN2. The highest BCUT2D eigenvalue weighted by Gasteiger charge is 2.24. The molecular weight excluding hydrogens is 251 g/mol. The van der Waals surface area contributed by atoms with Gasteiger partial charge < -0.3 is 5.73 Å². The van der Waals surface area contributed by atoms with Crippen LogP contribution < -0.4 is 5.73 Å². The Hall–Kier alpha value is -0.930. The summed E-state index contributed by atoms with van der Waals surface area (Å²) in [6.07, 6.45) is 2.34. The van der Waals surface area contributed by atoms with E-state index in [2.05, 4.69) is 25.7 Å². The normalized spacial score (nSPS) is 14.8. The third kappa shape index (κ3) is 4.57. The molecule has 0 aromatic heterocycles. The average Bonchev–Trinajstić information content (AvgIpc) is 2.42. The molecule has 2 unspecified atom stereocenters. The van der Waals surface area contributed by atoms with Crippen LogP contribution in [0.2, 0.25) is 0 Å². The van der Waals surface area contributed by atoms with E-state index in [1.54, 1.807) is 12.1 Å². The van der Waals surface area contributed by atoms with E-state index in [0.29, 0.717) is 5.92 Å². The van der Waals surface area contributed by atoms with Crippen molar-refractivity contribution in [2.75, 3.05) is 13.1 Å². The van der Waals surface area contributed by atoms with Crippen LogP contribution in [0.4, 0.5) is 4.39 Å². The molecule has 0 aliphatic rings. The monoisotopic (exact) mass is 280 g/mol. The van der Waals surface area contributed by atoms with E-state index in [0.717, 1.165) is 18.7 Å². The van der Waals surface area contributed by atoms with Gasteiger partial charge in [0.1, 0.15) is 5.82 Å². The number of nitrogens with zero attached hydrogens (tertiary/aromatic N) is 1. The van der Waals surface area contributed by atoms with Gasteiger partial charge >= 0.3 is 0 Å². The summed E-state index contributed by atoms with van der Waals surface area (Å²) in [5.41, 5.74) is 7.17. The van der Waals surface area contributed by atoms with Gasteiger partial charge in [0.2, 0.25) is 0 Å². The molecule has 114 valence electrons. The first-order chi connectivity index (χ1) is 9.53. The van der Waals surface area contributed by atoms with Gasteiger partial charge in [-0.1, -0.05) is 45.7 Å². The average molecular weight is 280 g/mol. The third-order valence-electron chi connectivity index (χ3n) is 4.14. The summed E-state index contributed by atoms with van der Waals surface area (Å²) >= 11 is 0. The van der Waals surface area contributed by atoms with Crippen molar-refractivity contribution in [1.29, 1.82) is 0 Å². The fraction of sp³-hybridized carbons (Fsp3) is 0.647. The minimum absolute atomic E-state index is 0.0221. The van der Waals surface area contributed by atoms with Crippen LogP contribution in [0.3, 0.4) is 0 Å². The zero-order chi connectivity index (χ0) is 15.1. The molecule has 1 aromatic rings. The molecule has 0 fully saturated rings. The van der Waals surface area contributed by atoms with Crippen LogP contribution in [0.1, 0.15) is 52.1 Å². The molecule has 2 N–H and O–H groups in total. The zero-order valence-electron chi connectivity index (χ0n) is 13.3. The van der Waals surface area contributed by atoms with E-state index in [4.69, 9.17) is 5.73 Å². The van der Waals surface area contributed by atoms with E-state index < -0.39 is 0 Å². The maximum absolute atomic E-state index is 13.5. The van der Waals surface area contributed by atoms with Crippen molar-refractivity contribution in [2.45, 2.75) is 52.6 Å². The number of likely N-dealkylation sites (N-methyl/N-ethyl adjacent to an activating group) is 1. The van der Waals surface area contributed by atoms with Gasteiger partial charge in [-0.2, -0.15) is 0 Å². The van der Waals surface area contributed by atoms with Crippen LogP contribution in [0.15, 0.2) is 24.3 Å². The van der Waals surface area contributed by atoms with Gasteiger partial charge in [-0.3, -0.25) is 4.90 Å². The van der Waals surface area contributed by atoms with Gasteiger partial charge in [0.25, 0.3) is 0 Å². The molecule has 0 aliphatic carbocycles. The van der Waals surface area contributed by atoms with Crippen molar-refractivity contribution in [2.24, 2.45) is 11.7 Å². The number of halogens is 1. The first-order valence-corrected chi connectivity index (χ1v) is 7.78. The van der Waals surface area contributed by atoms with Crippen molar-refractivity contribution in [1.82, 2.24) is 4.90 Å². The standard InChI is InChI=1S/C17H29FN2/c1-5-14(6-2)12-20(7-3)17(13(4)19)15-9-8-10-16(18)11-15/h8-11,13-14,17H,5-7,12,19H2,1-4H3. The Bertz CT molecular complexity index is 388. The van der Waals surface area contributed by atoms with E-state index in [1.807, 2.05) is 13.0 Å². The SMILES string of the molecule is CCC(CC)CN(CC)C(c1cccc(F)c1)C(C)N. The molecule has 0 spiro atoms. The second-order valence-corrected chi connectivity index (χ2v) is 5.63. The zero-order valence-corrected chi connectivity index (χ0v) is 13.3. The quantitative estimate of drug-likeness (QED) is 0.780. The molecule has 20 heavy (non-hydrogen) atoms. The third-order valence-corrected chi connectivity index (χ3v) is 4.14. The van der Waals surface area contributed by atoms with Gasteiger partial charge in [-0.05, 0) is 37.1 Å². The molecule has 1 rings (SSSR count). The maximum atomic E-state index is 13.5. The lowest BCUT2D eigenvalue weighted by Gasteiger charge is -2.36. The first-order valence-electron chi connectivity index (χ1n) is 7.78. The molecule has 0 saturated carbocycles. The molecule has 0 amide bonds. The molecule has 2 atom stereocenters. The first kappa shape index (κ1) is 17.1. The Kier molecular flexibility index (Phi) is 7.17. The molecule has 0 radical (unpaired) electrons. The number of nitrogens with two attached hydrogens (primary N) is 1. The Labute approximate surface area is 123 Å². The summed E-state index contributed by atoms with van der Waals surface area (Å²) in [6, 6.07) is 6.91. The highest BCUT2D eigenvalue weighted by Crippen LogP contribution is 2.26. The van der Waals surface area contributed by atoms with Crippen molar-refractivity contribution < 1.29 is 4.39 Å². The van der Waals surface area contributed by atoms with Crippen LogP contribution in [0.5, 0.6) is 0 Å². The lowest BCUT2D eigenvalue weighted by atomic mass is 9.96. The highest BCUT2D eigenvalue weighted by atomic mass is 19.1. The number of hydrogen-bond acceptors (Lipinski definition) is 2. The second-order valence-electron chi connectivity index (χ2n) is 5.63. The van der Waals surface area contributed by atoms with Gasteiger partial charge in [-0.25, -0.2) is 4.39 Å². The van der Waals surface area contributed by atoms with E-state index in [9.17, 15) is 4.39 Å². The molecule has 0 aliphatic heterocycles. The van der Waals surface area contributed by atoms with Crippen LogP contribution >= 0.6 is 0 Å². The van der Waals surface area contributed by atoms with Crippen molar-refractivity contribution >= 4 is 0 Å². The molecule has 0 heterocycles. The summed E-state index contributed by atoms with van der Waals surface area (Å²) in [6.45, 7) is 10.6. The van der Waals surface area contributed by atoms with Gasteiger partial charge in [0.05, 0.1) is 0 Å². The topological polar surface area (TPSA) is 29.3 Å². The lowest BCUT2D eigenvalue weighted by molar-refractivity contribution is 0.153. The lowest BCUT2D eigenvalue weighted by Crippen LogP contribution is -2.41. The van der Waals surface area contributed by atoms with Gasteiger partial charge in [-0.15, -0.1) is 0 Å². The Morgan fingerprint density at radius 3 is 2.30 bits per heavy atom. The molecule has 1 aromatic carbocycles. The van der Waals surface area contributed by atoms with Crippen LogP contribution in [-0.2, 0) is 0 Å². The number of hydrogen-bond donors (Lipinski definition) is 1. The van der Waals surface area contributed by atoms with Crippen molar-refractivity contribution in [3.05, 3.63) is 35.6 Å². The largest absolute Gasteiger partial charge is 0.326 e. The minimum Gasteiger partial charge on any atom is -0.326 e. The van der Waals surface area contributed by atoms with E-state index in [-0.39, 0.29) is 17.9 Å². The Balaban J connectivity index is 2.98. The summed E-state index contributed by atoms with van der Waals surface area (Å²) < 4.78 is 13.5. The molecule has 0 saturated heterocycles.